The molecule has 2 aromatic heterocycles. The van der Waals surface area contributed by atoms with Crippen LogP contribution in [-0.4, -0.2) is 20.7 Å². The molecule has 6 nitrogen and oxygen atoms in total. The molecule has 0 aromatic carbocycles. The lowest BCUT2D eigenvalue weighted by Crippen LogP contribution is -2.32. The molecule has 0 aliphatic rings. The van der Waals surface area contributed by atoms with Gasteiger partial charge in [-0.1, -0.05) is 6.07 Å². The highest BCUT2D eigenvalue weighted by Crippen LogP contribution is 2.01. The molecule has 84 valence electrons. The summed E-state index contributed by atoms with van der Waals surface area (Å²) in [7, 11) is 0. The van der Waals surface area contributed by atoms with Crippen molar-refractivity contribution in [2.45, 2.75) is 6.17 Å². The van der Waals surface area contributed by atoms with E-state index in [1.54, 1.807) is 30.5 Å². The fourth-order valence-corrected chi connectivity index (χ4v) is 1.29. The van der Waals surface area contributed by atoms with Crippen LogP contribution in [0.1, 0.15) is 16.7 Å². The number of nitrogens with one attached hydrogen (secondary N) is 1. The molecule has 1 amide bonds. The van der Waals surface area contributed by atoms with Crippen LogP contribution >= 0.6 is 0 Å². The van der Waals surface area contributed by atoms with Gasteiger partial charge in [-0.05, 0) is 18.2 Å². The molecule has 0 saturated heterocycles. The second-order valence-corrected chi connectivity index (χ2v) is 3.21. The van der Waals surface area contributed by atoms with E-state index in [0.29, 0.717) is 0 Å². The summed E-state index contributed by atoms with van der Waals surface area (Å²) >= 11 is 0. The Balaban J connectivity index is 2.11. The SMILES string of the molecule is N#CC(NC(=O)c1ccccn1)n1cccn1. The van der Waals surface area contributed by atoms with E-state index < -0.39 is 12.1 Å². The first-order valence-corrected chi connectivity index (χ1v) is 4.92. The third kappa shape index (κ3) is 2.46. The Morgan fingerprint density at radius 1 is 1.41 bits per heavy atom. The molecule has 0 fully saturated rings. The standard InChI is InChI=1S/C11H9N5O/c12-8-10(16-7-3-6-14-16)15-11(17)9-4-1-2-5-13-9/h1-7,10H,(H,15,17). The second-order valence-electron chi connectivity index (χ2n) is 3.21. The fraction of sp³-hybridized carbons (Fsp3) is 0.0909. The summed E-state index contributed by atoms with van der Waals surface area (Å²) in [5.74, 6) is -0.410. The maximum atomic E-state index is 11.7. The Kier molecular flexibility index (Phi) is 3.12. The van der Waals surface area contributed by atoms with E-state index in [-0.39, 0.29) is 5.69 Å². The number of nitriles is 1. The first-order chi connectivity index (χ1) is 8.31. The predicted octanol–water partition coefficient (Wildman–Crippen LogP) is 0.730. The van der Waals surface area contributed by atoms with Crippen molar-refractivity contribution in [2.24, 2.45) is 0 Å². The average molecular weight is 227 g/mol. The van der Waals surface area contributed by atoms with Crippen LogP contribution < -0.4 is 5.32 Å². The molecule has 0 aliphatic heterocycles. The summed E-state index contributed by atoms with van der Waals surface area (Å²) in [5.41, 5.74) is 0.264. The Hall–Kier alpha value is -2.68. The molecular weight excluding hydrogens is 218 g/mol. The van der Waals surface area contributed by atoms with Crippen LogP contribution in [0.2, 0.25) is 0 Å². The monoisotopic (exact) mass is 227 g/mol. The minimum Gasteiger partial charge on any atom is -0.317 e. The molecule has 1 N–H and O–H groups in total. The van der Waals surface area contributed by atoms with Crippen molar-refractivity contribution in [2.75, 3.05) is 0 Å². The molecule has 1 atom stereocenters. The Labute approximate surface area is 97.5 Å². The summed E-state index contributed by atoms with van der Waals surface area (Å²) in [5, 5.41) is 15.4. The van der Waals surface area contributed by atoms with E-state index in [2.05, 4.69) is 15.4 Å². The third-order valence-corrected chi connectivity index (χ3v) is 2.08. The Morgan fingerprint density at radius 3 is 2.88 bits per heavy atom. The van der Waals surface area contributed by atoms with Crippen molar-refractivity contribution < 1.29 is 4.79 Å². The van der Waals surface area contributed by atoms with Crippen LogP contribution in [0.4, 0.5) is 0 Å². The number of carbonyl (C=O) groups excluding carboxylic acids is 1. The van der Waals surface area contributed by atoms with Gasteiger partial charge in [0.05, 0.1) is 0 Å². The van der Waals surface area contributed by atoms with Crippen molar-refractivity contribution in [1.82, 2.24) is 20.1 Å². The highest BCUT2D eigenvalue weighted by atomic mass is 16.2. The Bertz CT molecular complexity index is 529. The van der Waals surface area contributed by atoms with Gasteiger partial charge < -0.3 is 5.32 Å². The molecule has 0 saturated carbocycles. The van der Waals surface area contributed by atoms with Gasteiger partial charge in [0.2, 0.25) is 6.17 Å². The number of carbonyl (C=O) groups is 1. The first-order valence-electron chi connectivity index (χ1n) is 4.92. The summed E-state index contributed by atoms with van der Waals surface area (Å²) in [6.07, 6.45) is 3.83. The molecule has 0 aliphatic carbocycles. The molecule has 2 aromatic rings. The molecule has 0 radical (unpaired) electrons. The maximum Gasteiger partial charge on any atom is 0.272 e. The van der Waals surface area contributed by atoms with Crippen molar-refractivity contribution in [3.05, 3.63) is 48.5 Å². The van der Waals surface area contributed by atoms with Crippen LogP contribution in [0.15, 0.2) is 42.9 Å². The highest BCUT2D eigenvalue weighted by molar-refractivity contribution is 5.92. The quantitative estimate of drug-likeness (QED) is 0.837. The summed E-state index contributed by atoms with van der Waals surface area (Å²) in [4.78, 5) is 15.6. The minimum absolute atomic E-state index is 0.264. The zero-order chi connectivity index (χ0) is 12.1. The number of amides is 1. The lowest BCUT2D eigenvalue weighted by molar-refractivity contribution is 0.0925. The minimum atomic E-state index is -0.834. The average Bonchev–Trinajstić information content (AvgIpc) is 2.90. The fourth-order valence-electron chi connectivity index (χ4n) is 1.29. The van der Waals surface area contributed by atoms with Gasteiger partial charge in [-0.25, -0.2) is 4.68 Å². The zero-order valence-corrected chi connectivity index (χ0v) is 8.82. The van der Waals surface area contributed by atoms with Gasteiger partial charge in [-0.2, -0.15) is 10.4 Å². The number of hydrogen-bond acceptors (Lipinski definition) is 4. The van der Waals surface area contributed by atoms with E-state index in [1.165, 1.54) is 17.1 Å². The summed E-state index contributed by atoms with van der Waals surface area (Å²) in [6.45, 7) is 0. The number of nitrogens with zero attached hydrogens (tertiary/aromatic N) is 4. The van der Waals surface area contributed by atoms with Crippen LogP contribution in [0, 0.1) is 11.3 Å². The highest BCUT2D eigenvalue weighted by Gasteiger charge is 2.14. The van der Waals surface area contributed by atoms with Crippen molar-refractivity contribution in [1.29, 1.82) is 5.26 Å². The topological polar surface area (TPSA) is 83.6 Å². The van der Waals surface area contributed by atoms with Gasteiger partial charge in [0, 0.05) is 18.6 Å². The van der Waals surface area contributed by atoms with Crippen LogP contribution in [0.25, 0.3) is 0 Å². The van der Waals surface area contributed by atoms with Gasteiger partial charge in [0.15, 0.2) is 0 Å². The van der Waals surface area contributed by atoms with Gasteiger partial charge >= 0.3 is 0 Å². The molecule has 2 rings (SSSR count). The molecule has 17 heavy (non-hydrogen) atoms. The van der Waals surface area contributed by atoms with Crippen LogP contribution in [-0.2, 0) is 0 Å². The smallest absolute Gasteiger partial charge is 0.272 e. The van der Waals surface area contributed by atoms with Crippen molar-refractivity contribution >= 4 is 5.91 Å². The lowest BCUT2D eigenvalue weighted by atomic mass is 10.3. The molecule has 6 heteroatoms. The van der Waals surface area contributed by atoms with E-state index >= 15 is 0 Å². The zero-order valence-electron chi connectivity index (χ0n) is 8.82. The van der Waals surface area contributed by atoms with Gasteiger partial charge in [-0.3, -0.25) is 9.78 Å². The van der Waals surface area contributed by atoms with E-state index in [4.69, 9.17) is 5.26 Å². The number of pyridine rings is 1. The first kappa shape index (κ1) is 10.8. The molecule has 2 heterocycles. The molecule has 1 unspecified atom stereocenters. The molecular formula is C11H9N5O. The lowest BCUT2D eigenvalue weighted by Gasteiger charge is -2.11. The molecule has 0 spiro atoms. The molecule has 0 bridgehead atoms. The van der Waals surface area contributed by atoms with E-state index in [0.717, 1.165) is 0 Å². The van der Waals surface area contributed by atoms with Crippen molar-refractivity contribution in [3.8, 4) is 6.07 Å². The van der Waals surface area contributed by atoms with E-state index in [1.807, 2.05) is 6.07 Å². The predicted molar refractivity (Wildman–Crippen MR) is 58.6 cm³/mol. The number of rotatable bonds is 3. The van der Waals surface area contributed by atoms with Gasteiger partial charge in [0.1, 0.15) is 11.8 Å². The van der Waals surface area contributed by atoms with Crippen LogP contribution in [0.3, 0.4) is 0 Å². The van der Waals surface area contributed by atoms with Crippen molar-refractivity contribution in [3.63, 3.8) is 0 Å². The van der Waals surface area contributed by atoms with Gasteiger partial charge in [-0.15, -0.1) is 0 Å². The normalized spacial score (nSPS) is 11.5. The number of hydrogen-bond donors (Lipinski definition) is 1. The number of aromatic nitrogens is 3. The third-order valence-electron chi connectivity index (χ3n) is 2.08. The largest absolute Gasteiger partial charge is 0.317 e. The van der Waals surface area contributed by atoms with Crippen LogP contribution in [0.5, 0.6) is 0 Å². The summed E-state index contributed by atoms with van der Waals surface area (Å²) in [6, 6.07) is 8.62. The summed E-state index contributed by atoms with van der Waals surface area (Å²) < 4.78 is 1.36. The van der Waals surface area contributed by atoms with Gasteiger partial charge in [0.25, 0.3) is 5.91 Å². The van der Waals surface area contributed by atoms with E-state index in [9.17, 15) is 4.79 Å². The Morgan fingerprint density at radius 2 is 2.29 bits per heavy atom. The second kappa shape index (κ2) is 4.90. The maximum absolute atomic E-state index is 11.7.